The van der Waals surface area contributed by atoms with Crippen LogP contribution in [0, 0.1) is 28.8 Å². The molecule has 0 heterocycles. The van der Waals surface area contributed by atoms with Gasteiger partial charge in [-0.05, 0) is 36.4 Å². The van der Waals surface area contributed by atoms with Crippen molar-refractivity contribution in [3.63, 3.8) is 0 Å². The average Bonchev–Trinajstić information content (AvgIpc) is 2.54. The van der Waals surface area contributed by atoms with Gasteiger partial charge in [0.15, 0.2) is 17.5 Å². The topological polar surface area (TPSA) is 64.9 Å². The number of hydrogen-bond acceptors (Lipinski definition) is 3. The Kier molecular flexibility index (Phi) is 4.63. The van der Waals surface area contributed by atoms with Gasteiger partial charge in [0.25, 0.3) is 0 Å². The van der Waals surface area contributed by atoms with Gasteiger partial charge in [-0.1, -0.05) is 0 Å². The number of halogens is 3. The van der Waals surface area contributed by atoms with Crippen LogP contribution in [0.5, 0.6) is 0 Å². The van der Waals surface area contributed by atoms with Gasteiger partial charge in [-0.15, -0.1) is 0 Å². The first kappa shape index (κ1) is 15.4. The van der Waals surface area contributed by atoms with Crippen LogP contribution in [0.3, 0.4) is 0 Å². The number of nitrogens with one attached hydrogen (secondary N) is 2. The Balaban J connectivity index is 1.96. The highest BCUT2D eigenvalue weighted by atomic mass is 19.2. The van der Waals surface area contributed by atoms with E-state index in [1.165, 1.54) is 0 Å². The lowest BCUT2D eigenvalue weighted by molar-refractivity contribution is -0.114. The molecule has 0 aliphatic heterocycles. The maximum atomic E-state index is 13.4. The Morgan fingerprint density at radius 1 is 1.05 bits per heavy atom. The molecule has 0 atom stereocenters. The summed E-state index contributed by atoms with van der Waals surface area (Å²) in [5, 5.41) is 13.5. The zero-order valence-corrected chi connectivity index (χ0v) is 11.2. The first-order chi connectivity index (χ1) is 10.5. The van der Waals surface area contributed by atoms with Crippen LogP contribution in [0.4, 0.5) is 24.5 Å². The van der Waals surface area contributed by atoms with Gasteiger partial charge in [0.2, 0.25) is 5.91 Å². The predicted octanol–water partition coefficient (Wildman–Crippen LogP) is 3.03. The molecule has 1 amide bonds. The van der Waals surface area contributed by atoms with Crippen molar-refractivity contribution in [2.45, 2.75) is 0 Å². The summed E-state index contributed by atoms with van der Waals surface area (Å²) in [5.74, 6) is -5.05. The standard InChI is InChI=1S/C15H10F3N3O/c16-11-5-6-12(15(18)14(11)17)21-13(22)8-20-10-3-1-9(7-19)2-4-10/h1-6,20H,8H2,(H,21,22). The van der Waals surface area contributed by atoms with Crippen molar-refractivity contribution in [2.24, 2.45) is 0 Å². The number of benzene rings is 2. The first-order valence-corrected chi connectivity index (χ1v) is 6.18. The quantitative estimate of drug-likeness (QED) is 0.853. The van der Waals surface area contributed by atoms with Crippen molar-refractivity contribution in [1.29, 1.82) is 5.26 Å². The van der Waals surface area contributed by atoms with Gasteiger partial charge in [0, 0.05) is 5.69 Å². The summed E-state index contributed by atoms with van der Waals surface area (Å²) in [4.78, 5) is 11.6. The van der Waals surface area contributed by atoms with E-state index in [1.54, 1.807) is 24.3 Å². The minimum atomic E-state index is -1.64. The van der Waals surface area contributed by atoms with Crippen molar-refractivity contribution >= 4 is 17.3 Å². The summed E-state index contributed by atoms with van der Waals surface area (Å²) in [6.07, 6.45) is 0. The second-order valence-corrected chi connectivity index (χ2v) is 4.31. The minimum Gasteiger partial charge on any atom is -0.376 e. The molecule has 0 aromatic heterocycles. The lowest BCUT2D eigenvalue weighted by Crippen LogP contribution is -2.22. The third-order valence-electron chi connectivity index (χ3n) is 2.78. The van der Waals surface area contributed by atoms with E-state index in [-0.39, 0.29) is 6.54 Å². The van der Waals surface area contributed by atoms with Crippen LogP contribution >= 0.6 is 0 Å². The zero-order valence-electron chi connectivity index (χ0n) is 11.2. The molecule has 7 heteroatoms. The molecule has 2 rings (SSSR count). The maximum absolute atomic E-state index is 13.4. The van der Waals surface area contributed by atoms with Gasteiger partial charge in [0.1, 0.15) is 0 Å². The number of rotatable bonds is 4. The number of nitriles is 1. The Morgan fingerprint density at radius 3 is 2.36 bits per heavy atom. The smallest absolute Gasteiger partial charge is 0.243 e. The molecule has 0 aliphatic rings. The van der Waals surface area contributed by atoms with Crippen molar-refractivity contribution < 1.29 is 18.0 Å². The fourth-order valence-corrected chi connectivity index (χ4v) is 1.66. The van der Waals surface area contributed by atoms with Crippen LogP contribution in [0.1, 0.15) is 5.56 Å². The first-order valence-electron chi connectivity index (χ1n) is 6.18. The summed E-state index contributed by atoms with van der Waals surface area (Å²) in [6, 6.07) is 9.95. The second-order valence-electron chi connectivity index (χ2n) is 4.31. The van der Waals surface area contributed by atoms with E-state index < -0.39 is 29.0 Å². The van der Waals surface area contributed by atoms with Crippen LogP contribution in [-0.2, 0) is 4.79 Å². The number of hydrogen-bond donors (Lipinski definition) is 2. The molecule has 0 aliphatic carbocycles. The van der Waals surface area contributed by atoms with E-state index in [0.29, 0.717) is 11.3 Å². The van der Waals surface area contributed by atoms with E-state index >= 15 is 0 Å². The summed E-state index contributed by atoms with van der Waals surface area (Å²) < 4.78 is 39.2. The fraction of sp³-hybridized carbons (Fsp3) is 0.0667. The summed E-state index contributed by atoms with van der Waals surface area (Å²) in [7, 11) is 0. The molecule has 2 N–H and O–H groups in total. The van der Waals surface area contributed by atoms with Gasteiger partial charge in [-0.2, -0.15) is 5.26 Å². The molecule has 0 saturated carbocycles. The van der Waals surface area contributed by atoms with Gasteiger partial charge in [-0.25, -0.2) is 13.2 Å². The van der Waals surface area contributed by atoms with Gasteiger partial charge < -0.3 is 10.6 Å². The van der Waals surface area contributed by atoms with E-state index in [1.807, 2.05) is 6.07 Å². The molecule has 0 spiro atoms. The van der Waals surface area contributed by atoms with Crippen LogP contribution in [0.25, 0.3) is 0 Å². The highest BCUT2D eigenvalue weighted by Crippen LogP contribution is 2.19. The molecule has 0 unspecified atom stereocenters. The van der Waals surface area contributed by atoms with Crippen LogP contribution in [-0.4, -0.2) is 12.5 Å². The Bertz CT molecular complexity index is 739. The monoisotopic (exact) mass is 305 g/mol. The third-order valence-corrected chi connectivity index (χ3v) is 2.78. The van der Waals surface area contributed by atoms with E-state index in [9.17, 15) is 18.0 Å². The zero-order chi connectivity index (χ0) is 16.1. The van der Waals surface area contributed by atoms with Crippen molar-refractivity contribution in [3.05, 3.63) is 59.4 Å². The molecule has 22 heavy (non-hydrogen) atoms. The fourth-order valence-electron chi connectivity index (χ4n) is 1.66. The third kappa shape index (κ3) is 3.55. The molecule has 2 aromatic rings. The molecular formula is C15H10F3N3O. The van der Waals surface area contributed by atoms with E-state index in [2.05, 4.69) is 10.6 Å². The normalized spacial score (nSPS) is 9.91. The van der Waals surface area contributed by atoms with Gasteiger partial charge >= 0.3 is 0 Å². The molecule has 2 aromatic carbocycles. The number of carbonyl (C=O) groups excluding carboxylic acids is 1. The van der Waals surface area contributed by atoms with Crippen LogP contribution in [0.2, 0.25) is 0 Å². The lowest BCUT2D eigenvalue weighted by Gasteiger charge is -2.09. The van der Waals surface area contributed by atoms with Crippen LogP contribution in [0.15, 0.2) is 36.4 Å². The van der Waals surface area contributed by atoms with Crippen molar-refractivity contribution in [1.82, 2.24) is 0 Å². The summed E-state index contributed by atoms with van der Waals surface area (Å²) in [5.41, 5.74) is 0.615. The molecular weight excluding hydrogens is 295 g/mol. The van der Waals surface area contributed by atoms with E-state index in [4.69, 9.17) is 5.26 Å². The number of amides is 1. The average molecular weight is 305 g/mol. The largest absolute Gasteiger partial charge is 0.376 e. The molecule has 0 fully saturated rings. The molecule has 112 valence electrons. The number of carbonyl (C=O) groups is 1. The molecule has 0 saturated heterocycles. The molecule has 4 nitrogen and oxygen atoms in total. The predicted molar refractivity (Wildman–Crippen MR) is 74.6 cm³/mol. The number of anilines is 2. The lowest BCUT2D eigenvalue weighted by atomic mass is 10.2. The number of nitrogens with zero attached hydrogens (tertiary/aromatic N) is 1. The summed E-state index contributed by atoms with van der Waals surface area (Å²) in [6.45, 7) is -0.204. The Morgan fingerprint density at radius 2 is 1.73 bits per heavy atom. The maximum Gasteiger partial charge on any atom is 0.243 e. The van der Waals surface area contributed by atoms with Gasteiger partial charge in [-0.3, -0.25) is 4.79 Å². The molecule has 0 bridgehead atoms. The van der Waals surface area contributed by atoms with Crippen LogP contribution < -0.4 is 10.6 Å². The second kappa shape index (κ2) is 6.63. The van der Waals surface area contributed by atoms with Crippen molar-refractivity contribution in [2.75, 3.05) is 17.2 Å². The van der Waals surface area contributed by atoms with E-state index in [0.717, 1.165) is 12.1 Å². The van der Waals surface area contributed by atoms with Crippen molar-refractivity contribution in [3.8, 4) is 6.07 Å². The van der Waals surface area contributed by atoms with Gasteiger partial charge in [0.05, 0.1) is 23.9 Å². The Labute approximate surface area is 124 Å². The summed E-state index contributed by atoms with van der Waals surface area (Å²) >= 11 is 0. The minimum absolute atomic E-state index is 0.204. The Hall–Kier alpha value is -3.01. The SMILES string of the molecule is N#Cc1ccc(NCC(=O)Nc2ccc(F)c(F)c2F)cc1. The highest BCUT2D eigenvalue weighted by molar-refractivity contribution is 5.93. The highest BCUT2D eigenvalue weighted by Gasteiger charge is 2.14. The molecule has 0 radical (unpaired) electrons.